The van der Waals surface area contributed by atoms with Crippen LogP contribution in [0.4, 0.5) is 4.39 Å². The van der Waals surface area contributed by atoms with Gasteiger partial charge in [-0.25, -0.2) is 4.39 Å². The maximum atomic E-state index is 13.3. The third-order valence-corrected chi connectivity index (χ3v) is 3.44. The highest BCUT2D eigenvalue weighted by Gasteiger charge is 2.17. The van der Waals surface area contributed by atoms with Crippen molar-refractivity contribution in [3.8, 4) is 0 Å². The molecule has 21 heavy (non-hydrogen) atoms. The number of benzene rings is 2. The van der Waals surface area contributed by atoms with Gasteiger partial charge in [0.1, 0.15) is 11.9 Å². The average molecular weight is 287 g/mol. The predicted molar refractivity (Wildman–Crippen MR) is 83.9 cm³/mol. The Morgan fingerprint density at radius 1 is 1.10 bits per heavy atom. The summed E-state index contributed by atoms with van der Waals surface area (Å²) in [4.78, 5) is 2.08. The lowest BCUT2D eigenvalue weighted by Crippen LogP contribution is -2.20. The van der Waals surface area contributed by atoms with E-state index in [9.17, 15) is 4.39 Å². The van der Waals surface area contributed by atoms with Crippen molar-refractivity contribution in [2.24, 2.45) is 0 Å². The molecule has 2 aromatic rings. The molecule has 0 aliphatic rings. The van der Waals surface area contributed by atoms with E-state index in [2.05, 4.69) is 4.90 Å². The number of halogens is 1. The van der Waals surface area contributed by atoms with Gasteiger partial charge in [-0.3, -0.25) is 0 Å². The lowest BCUT2D eigenvalue weighted by Gasteiger charge is -2.22. The van der Waals surface area contributed by atoms with Crippen LogP contribution < -0.4 is 0 Å². The minimum atomic E-state index is -0.212. The zero-order valence-electron chi connectivity index (χ0n) is 12.8. The molecule has 0 radical (unpaired) electrons. The highest BCUT2D eigenvalue weighted by Crippen LogP contribution is 2.28. The highest BCUT2D eigenvalue weighted by atomic mass is 19.1. The van der Waals surface area contributed by atoms with Gasteiger partial charge in [0.25, 0.3) is 0 Å². The first-order valence-corrected chi connectivity index (χ1v) is 7.15. The number of aryl methyl sites for hydroxylation is 1. The van der Waals surface area contributed by atoms with Crippen molar-refractivity contribution in [2.75, 3.05) is 27.2 Å². The smallest absolute Gasteiger partial charge is 0.123 e. The number of hydrogen-bond donors (Lipinski definition) is 0. The van der Waals surface area contributed by atoms with E-state index in [0.29, 0.717) is 6.61 Å². The van der Waals surface area contributed by atoms with Gasteiger partial charge in [0.2, 0.25) is 0 Å². The van der Waals surface area contributed by atoms with Crippen LogP contribution in [0.15, 0.2) is 48.5 Å². The standard InChI is InChI=1S/C18H22FNO/c1-14-13-16(19)9-10-17(14)18(21-12-11-20(2)3)15-7-5-4-6-8-15/h4-10,13,18H,11-12H2,1-3H3. The molecule has 0 aliphatic carbocycles. The summed E-state index contributed by atoms with van der Waals surface area (Å²) in [6.07, 6.45) is -0.160. The number of nitrogens with zero attached hydrogens (tertiary/aromatic N) is 1. The first-order valence-electron chi connectivity index (χ1n) is 7.15. The maximum absolute atomic E-state index is 13.3. The van der Waals surface area contributed by atoms with Crippen LogP contribution in [-0.2, 0) is 4.74 Å². The van der Waals surface area contributed by atoms with E-state index in [1.54, 1.807) is 6.07 Å². The molecule has 3 heteroatoms. The average Bonchev–Trinajstić information content (AvgIpc) is 2.45. The van der Waals surface area contributed by atoms with Crippen molar-refractivity contribution < 1.29 is 9.13 Å². The molecule has 0 bridgehead atoms. The van der Waals surface area contributed by atoms with E-state index in [4.69, 9.17) is 4.74 Å². The summed E-state index contributed by atoms with van der Waals surface area (Å²) in [6.45, 7) is 3.40. The Kier molecular flexibility index (Phi) is 5.48. The minimum Gasteiger partial charge on any atom is -0.367 e. The summed E-state index contributed by atoms with van der Waals surface area (Å²) in [6, 6.07) is 14.9. The SMILES string of the molecule is Cc1cc(F)ccc1C(OCCN(C)C)c1ccccc1. The van der Waals surface area contributed by atoms with Crippen LogP contribution in [-0.4, -0.2) is 32.1 Å². The van der Waals surface area contributed by atoms with Gasteiger partial charge < -0.3 is 9.64 Å². The maximum Gasteiger partial charge on any atom is 0.123 e. The molecule has 0 fully saturated rings. The van der Waals surface area contributed by atoms with Crippen LogP contribution in [0.2, 0.25) is 0 Å². The fraction of sp³-hybridized carbons (Fsp3) is 0.333. The fourth-order valence-electron chi connectivity index (χ4n) is 2.28. The zero-order valence-corrected chi connectivity index (χ0v) is 12.8. The molecule has 112 valence electrons. The molecule has 0 saturated carbocycles. The molecule has 0 spiro atoms. The first kappa shape index (κ1) is 15.7. The Hall–Kier alpha value is -1.71. The molecule has 0 heterocycles. The normalized spacial score (nSPS) is 12.6. The van der Waals surface area contributed by atoms with E-state index in [-0.39, 0.29) is 11.9 Å². The third-order valence-electron chi connectivity index (χ3n) is 3.44. The van der Waals surface area contributed by atoms with E-state index in [0.717, 1.165) is 23.2 Å². The van der Waals surface area contributed by atoms with E-state index >= 15 is 0 Å². The summed E-state index contributed by atoms with van der Waals surface area (Å²) < 4.78 is 19.4. The Labute approximate surface area is 126 Å². The molecular weight excluding hydrogens is 265 g/mol. The summed E-state index contributed by atoms with van der Waals surface area (Å²) in [7, 11) is 4.04. The van der Waals surface area contributed by atoms with Gasteiger partial charge in [-0.05, 0) is 49.8 Å². The van der Waals surface area contributed by atoms with Crippen LogP contribution in [0.5, 0.6) is 0 Å². The van der Waals surface area contributed by atoms with Crippen molar-refractivity contribution in [3.05, 3.63) is 71.0 Å². The molecule has 1 atom stereocenters. The lowest BCUT2D eigenvalue weighted by atomic mass is 9.97. The van der Waals surface area contributed by atoms with Gasteiger partial charge >= 0.3 is 0 Å². The summed E-state index contributed by atoms with van der Waals surface area (Å²) in [5, 5.41) is 0. The fourth-order valence-corrected chi connectivity index (χ4v) is 2.28. The first-order chi connectivity index (χ1) is 10.1. The van der Waals surface area contributed by atoms with Crippen molar-refractivity contribution >= 4 is 0 Å². The molecule has 0 saturated heterocycles. The molecule has 0 N–H and O–H groups in total. The second-order valence-corrected chi connectivity index (χ2v) is 5.47. The lowest BCUT2D eigenvalue weighted by molar-refractivity contribution is 0.0683. The van der Waals surface area contributed by atoms with Crippen molar-refractivity contribution in [1.29, 1.82) is 0 Å². The van der Waals surface area contributed by atoms with Gasteiger partial charge in [0.15, 0.2) is 0 Å². The number of hydrogen-bond acceptors (Lipinski definition) is 2. The van der Waals surface area contributed by atoms with Crippen LogP contribution >= 0.6 is 0 Å². The largest absolute Gasteiger partial charge is 0.367 e. The van der Waals surface area contributed by atoms with E-state index in [1.807, 2.05) is 57.4 Å². The predicted octanol–water partition coefficient (Wildman–Crippen LogP) is 3.80. The van der Waals surface area contributed by atoms with Crippen molar-refractivity contribution in [3.63, 3.8) is 0 Å². The molecule has 0 aromatic heterocycles. The second-order valence-electron chi connectivity index (χ2n) is 5.47. The van der Waals surface area contributed by atoms with Crippen LogP contribution in [0.25, 0.3) is 0 Å². The molecule has 1 unspecified atom stereocenters. The number of ether oxygens (including phenoxy) is 1. The minimum absolute atomic E-state index is 0.160. The summed E-state index contributed by atoms with van der Waals surface area (Å²) in [5.74, 6) is -0.212. The van der Waals surface area contributed by atoms with Crippen LogP contribution in [0, 0.1) is 12.7 Å². The molecule has 2 nitrogen and oxygen atoms in total. The van der Waals surface area contributed by atoms with Gasteiger partial charge in [-0.2, -0.15) is 0 Å². The molecular formula is C18H22FNO. The molecule has 0 aliphatic heterocycles. The molecule has 2 aromatic carbocycles. The topological polar surface area (TPSA) is 12.5 Å². The van der Waals surface area contributed by atoms with E-state index < -0.39 is 0 Å². The number of rotatable bonds is 6. The Balaban J connectivity index is 2.27. The Morgan fingerprint density at radius 3 is 2.43 bits per heavy atom. The summed E-state index contributed by atoms with van der Waals surface area (Å²) in [5.41, 5.74) is 3.01. The Morgan fingerprint density at radius 2 is 1.81 bits per heavy atom. The van der Waals surface area contributed by atoms with Gasteiger partial charge in [-0.1, -0.05) is 36.4 Å². The molecule has 2 rings (SSSR count). The van der Waals surface area contributed by atoms with Crippen LogP contribution in [0.1, 0.15) is 22.8 Å². The second kappa shape index (κ2) is 7.34. The Bertz CT molecular complexity index is 569. The monoisotopic (exact) mass is 287 g/mol. The number of likely N-dealkylation sites (N-methyl/N-ethyl adjacent to an activating group) is 1. The highest BCUT2D eigenvalue weighted by molar-refractivity contribution is 5.35. The van der Waals surface area contributed by atoms with Crippen LogP contribution in [0.3, 0.4) is 0 Å². The van der Waals surface area contributed by atoms with Gasteiger partial charge in [0, 0.05) is 6.54 Å². The molecule has 0 amide bonds. The van der Waals surface area contributed by atoms with Gasteiger partial charge in [0.05, 0.1) is 6.61 Å². The van der Waals surface area contributed by atoms with Crippen molar-refractivity contribution in [1.82, 2.24) is 4.90 Å². The zero-order chi connectivity index (χ0) is 15.2. The summed E-state index contributed by atoms with van der Waals surface area (Å²) >= 11 is 0. The van der Waals surface area contributed by atoms with Crippen molar-refractivity contribution in [2.45, 2.75) is 13.0 Å². The van der Waals surface area contributed by atoms with E-state index in [1.165, 1.54) is 6.07 Å². The van der Waals surface area contributed by atoms with Gasteiger partial charge in [-0.15, -0.1) is 0 Å². The third kappa shape index (κ3) is 4.38. The quantitative estimate of drug-likeness (QED) is 0.801.